The lowest BCUT2D eigenvalue weighted by molar-refractivity contribution is -0.122. The minimum Gasteiger partial charge on any atom is -0.481 e. The zero-order valence-electron chi connectivity index (χ0n) is 13.1. The van der Waals surface area contributed by atoms with Crippen molar-refractivity contribution in [2.24, 2.45) is 0 Å². The summed E-state index contributed by atoms with van der Waals surface area (Å²) in [6.07, 6.45) is -0.735. The van der Waals surface area contributed by atoms with Crippen molar-refractivity contribution in [1.82, 2.24) is 5.32 Å². The quantitative estimate of drug-likeness (QED) is 0.846. The Bertz CT molecular complexity index is 748. The summed E-state index contributed by atoms with van der Waals surface area (Å²) in [6.45, 7) is 1.62. The van der Waals surface area contributed by atoms with Gasteiger partial charge >= 0.3 is 0 Å². The van der Waals surface area contributed by atoms with E-state index in [4.69, 9.17) is 27.9 Å². The first kappa shape index (κ1) is 18.1. The Morgan fingerprint density at radius 1 is 1.04 bits per heavy atom. The van der Waals surface area contributed by atoms with Crippen LogP contribution in [0.15, 0.2) is 42.5 Å². The Hall–Kier alpha value is -2.24. The number of carbonyl (C=O) groups excluding carboxylic acids is 2. The predicted octanol–water partition coefficient (Wildman–Crippen LogP) is 3.76. The Labute approximate surface area is 149 Å². The molecule has 0 bridgehead atoms. The Balaban J connectivity index is 1.98. The molecule has 0 aliphatic heterocycles. The number of anilines is 1. The van der Waals surface area contributed by atoms with Crippen molar-refractivity contribution < 1.29 is 14.3 Å². The van der Waals surface area contributed by atoms with Gasteiger partial charge in [-0.25, -0.2) is 0 Å². The number of ether oxygens (including phenoxy) is 1. The second-order valence-corrected chi connectivity index (χ2v) is 5.80. The van der Waals surface area contributed by atoms with Crippen LogP contribution in [0.25, 0.3) is 0 Å². The molecule has 5 nitrogen and oxygen atoms in total. The lowest BCUT2D eigenvalue weighted by Crippen LogP contribution is -2.30. The predicted molar refractivity (Wildman–Crippen MR) is 95.0 cm³/mol. The van der Waals surface area contributed by atoms with E-state index in [0.29, 0.717) is 27.0 Å². The van der Waals surface area contributed by atoms with Gasteiger partial charge in [-0.1, -0.05) is 23.2 Å². The third kappa shape index (κ3) is 4.63. The van der Waals surface area contributed by atoms with Crippen LogP contribution in [0.1, 0.15) is 17.3 Å². The van der Waals surface area contributed by atoms with Crippen LogP contribution in [-0.2, 0) is 4.79 Å². The molecule has 0 radical (unpaired) electrons. The van der Waals surface area contributed by atoms with Crippen molar-refractivity contribution in [2.45, 2.75) is 13.0 Å². The maximum Gasteiger partial charge on any atom is 0.265 e. The molecule has 0 spiro atoms. The van der Waals surface area contributed by atoms with Crippen LogP contribution in [0.5, 0.6) is 5.75 Å². The molecule has 0 aromatic heterocycles. The number of halogens is 2. The smallest absolute Gasteiger partial charge is 0.265 e. The molecule has 0 aliphatic carbocycles. The number of hydrogen-bond acceptors (Lipinski definition) is 3. The molecule has 0 saturated carbocycles. The van der Waals surface area contributed by atoms with E-state index in [1.807, 2.05) is 0 Å². The van der Waals surface area contributed by atoms with Crippen molar-refractivity contribution in [3.05, 3.63) is 58.1 Å². The van der Waals surface area contributed by atoms with Gasteiger partial charge in [0.25, 0.3) is 11.8 Å². The molecule has 2 amide bonds. The molecule has 7 heteroatoms. The van der Waals surface area contributed by atoms with Gasteiger partial charge < -0.3 is 15.4 Å². The van der Waals surface area contributed by atoms with E-state index in [1.54, 1.807) is 56.4 Å². The molecule has 24 heavy (non-hydrogen) atoms. The molecule has 0 aliphatic rings. The topological polar surface area (TPSA) is 67.4 Å². The molecule has 1 atom stereocenters. The van der Waals surface area contributed by atoms with E-state index in [1.165, 1.54) is 0 Å². The first-order chi connectivity index (χ1) is 11.4. The summed E-state index contributed by atoms with van der Waals surface area (Å²) in [7, 11) is 1.56. The van der Waals surface area contributed by atoms with Crippen molar-refractivity contribution in [3.63, 3.8) is 0 Å². The normalized spacial score (nSPS) is 11.5. The number of amides is 2. The molecular weight excluding hydrogens is 351 g/mol. The maximum absolute atomic E-state index is 12.2. The van der Waals surface area contributed by atoms with E-state index in [-0.39, 0.29) is 11.8 Å². The van der Waals surface area contributed by atoms with Crippen molar-refractivity contribution in [3.8, 4) is 5.75 Å². The molecule has 2 aromatic rings. The van der Waals surface area contributed by atoms with Crippen LogP contribution < -0.4 is 15.4 Å². The summed E-state index contributed by atoms with van der Waals surface area (Å²) in [6, 6.07) is 11.3. The number of hydrogen-bond donors (Lipinski definition) is 2. The van der Waals surface area contributed by atoms with E-state index < -0.39 is 6.10 Å². The summed E-state index contributed by atoms with van der Waals surface area (Å²) < 4.78 is 5.54. The van der Waals surface area contributed by atoms with Gasteiger partial charge in [-0.15, -0.1) is 0 Å². The first-order valence-corrected chi connectivity index (χ1v) is 7.91. The number of benzene rings is 2. The second-order valence-electron chi connectivity index (χ2n) is 4.98. The zero-order valence-corrected chi connectivity index (χ0v) is 14.6. The Morgan fingerprint density at radius 2 is 1.71 bits per heavy atom. The minimum atomic E-state index is -0.735. The highest BCUT2D eigenvalue weighted by molar-refractivity contribution is 6.42. The molecule has 126 valence electrons. The van der Waals surface area contributed by atoms with Gasteiger partial charge in [-0.05, 0) is 43.3 Å². The van der Waals surface area contributed by atoms with Crippen molar-refractivity contribution in [1.29, 1.82) is 0 Å². The molecule has 2 aromatic carbocycles. The third-order valence-corrected chi connectivity index (χ3v) is 3.95. The summed E-state index contributed by atoms with van der Waals surface area (Å²) >= 11 is 11.8. The summed E-state index contributed by atoms with van der Waals surface area (Å²) in [5.74, 6) is -0.0695. The van der Waals surface area contributed by atoms with Gasteiger partial charge in [0.05, 0.1) is 10.0 Å². The lowest BCUT2D eigenvalue weighted by Gasteiger charge is -2.15. The van der Waals surface area contributed by atoms with Gasteiger partial charge in [-0.2, -0.15) is 0 Å². The highest BCUT2D eigenvalue weighted by Crippen LogP contribution is 2.27. The third-order valence-electron chi connectivity index (χ3n) is 3.21. The second kappa shape index (κ2) is 8.04. The number of nitrogens with one attached hydrogen (secondary N) is 2. The van der Waals surface area contributed by atoms with Gasteiger partial charge in [0.1, 0.15) is 5.75 Å². The van der Waals surface area contributed by atoms with Gasteiger partial charge in [0, 0.05) is 24.4 Å². The first-order valence-electron chi connectivity index (χ1n) is 7.15. The highest BCUT2D eigenvalue weighted by Gasteiger charge is 2.15. The number of rotatable bonds is 5. The van der Waals surface area contributed by atoms with Crippen LogP contribution in [0.4, 0.5) is 5.69 Å². The Morgan fingerprint density at radius 3 is 2.29 bits per heavy atom. The molecule has 0 heterocycles. The summed E-state index contributed by atoms with van der Waals surface area (Å²) in [5.41, 5.74) is 1.08. The Kier molecular flexibility index (Phi) is 6.06. The van der Waals surface area contributed by atoms with Gasteiger partial charge in [0.2, 0.25) is 0 Å². The highest BCUT2D eigenvalue weighted by atomic mass is 35.5. The number of carbonyl (C=O) groups is 2. The van der Waals surface area contributed by atoms with Crippen molar-refractivity contribution >= 4 is 40.7 Å². The average Bonchev–Trinajstić information content (AvgIpc) is 2.58. The molecular formula is C17H16Cl2N2O3. The molecule has 0 saturated heterocycles. The van der Waals surface area contributed by atoms with E-state index in [9.17, 15) is 9.59 Å². The molecule has 2 N–H and O–H groups in total. The lowest BCUT2D eigenvalue weighted by atomic mass is 10.2. The molecule has 0 fully saturated rings. The van der Waals surface area contributed by atoms with Crippen LogP contribution in [0.3, 0.4) is 0 Å². The van der Waals surface area contributed by atoms with Gasteiger partial charge in [0.15, 0.2) is 6.10 Å². The summed E-state index contributed by atoms with van der Waals surface area (Å²) in [5, 5.41) is 6.01. The van der Waals surface area contributed by atoms with Crippen molar-refractivity contribution in [2.75, 3.05) is 12.4 Å². The van der Waals surface area contributed by atoms with Crippen LogP contribution in [-0.4, -0.2) is 25.0 Å². The average molecular weight is 367 g/mol. The van der Waals surface area contributed by atoms with Crippen LogP contribution in [0.2, 0.25) is 10.0 Å². The monoisotopic (exact) mass is 366 g/mol. The van der Waals surface area contributed by atoms with E-state index in [2.05, 4.69) is 10.6 Å². The minimum absolute atomic E-state index is 0.191. The molecule has 2 rings (SSSR count). The van der Waals surface area contributed by atoms with Crippen LogP contribution >= 0.6 is 23.2 Å². The van der Waals surface area contributed by atoms with Crippen LogP contribution in [0, 0.1) is 0 Å². The largest absolute Gasteiger partial charge is 0.481 e. The maximum atomic E-state index is 12.2. The summed E-state index contributed by atoms with van der Waals surface area (Å²) in [4.78, 5) is 23.6. The van der Waals surface area contributed by atoms with Gasteiger partial charge in [-0.3, -0.25) is 9.59 Å². The fourth-order valence-corrected chi connectivity index (χ4v) is 2.19. The molecule has 1 unspecified atom stereocenters. The standard InChI is InChI=1S/C17H16Cl2N2O3/c1-10(24-13-7-8-14(18)15(19)9-13)16(22)21-12-5-3-11(4-6-12)17(23)20-2/h3-10H,1-2H3,(H,20,23)(H,21,22). The fourth-order valence-electron chi connectivity index (χ4n) is 1.90. The van der Waals surface area contributed by atoms with E-state index >= 15 is 0 Å². The SMILES string of the molecule is CNC(=O)c1ccc(NC(=O)C(C)Oc2ccc(Cl)c(Cl)c2)cc1. The zero-order chi connectivity index (χ0) is 17.7. The van der Waals surface area contributed by atoms with E-state index in [0.717, 1.165) is 0 Å². The fraction of sp³-hybridized carbons (Fsp3) is 0.176.